The van der Waals surface area contributed by atoms with Crippen LogP contribution in [0.5, 0.6) is 5.75 Å². The first-order chi connectivity index (χ1) is 14.2. The minimum absolute atomic E-state index is 0.0134. The zero-order chi connectivity index (χ0) is 21.6. The van der Waals surface area contributed by atoms with Crippen molar-refractivity contribution in [3.05, 3.63) is 58.6 Å². The average Bonchev–Trinajstić information content (AvgIpc) is 3.08. The number of aliphatic imine (C=N–C) groups is 1. The van der Waals surface area contributed by atoms with Gasteiger partial charge >= 0.3 is 5.97 Å². The van der Waals surface area contributed by atoms with Crippen molar-refractivity contribution in [2.75, 3.05) is 13.4 Å². The minimum Gasteiger partial charge on any atom is -0.497 e. The normalized spacial score (nSPS) is 19.3. The summed E-state index contributed by atoms with van der Waals surface area (Å²) in [6, 6.07) is 11.6. The topological polar surface area (TPSA) is 132 Å². The van der Waals surface area contributed by atoms with Gasteiger partial charge in [-0.05, 0) is 29.8 Å². The van der Waals surface area contributed by atoms with Crippen LogP contribution >= 0.6 is 0 Å². The fourth-order valence-electron chi connectivity index (χ4n) is 3.45. The Kier molecular flexibility index (Phi) is 4.65. The molecule has 2 aliphatic heterocycles. The molecule has 2 atom stereocenters. The second-order valence-corrected chi connectivity index (χ2v) is 9.11. The van der Waals surface area contributed by atoms with E-state index in [-0.39, 0.29) is 12.3 Å². The van der Waals surface area contributed by atoms with Crippen molar-refractivity contribution in [1.82, 2.24) is 4.90 Å². The van der Waals surface area contributed by atoms with E-state index in [1.54, 1.807) is 42.5 Å². The van der Waals surface area contributed by atoms with Crippen LogP contribution in [0.3, 0.4) is 0 Å². The molecule has 0 saturated heterocycles. The molecule has 0 fully saturated rings. The number of nitrogens with one attached hydrogen (secondary N) is 1. The van der Waals surface area contributed by atoms with Crippen LogP contribution in [-0.2, 0) is 25.9 Å². The molecule has 2 aromatic rings. The van der Waals surface area contributed by atoms with Gasteiger partial charge in [0.1, 0.15) is 5.75 Å². The molecule has 0 saturated carbocycles. The number of methoxy groups -OCH3 is 1. The van der Waals surface area contributed by atoms with Crippen molar-refractivity contribution in [3.8, 4) is 5.75 Å². The molecule has 9 nitrogen and oxygen atoms in total. The summed E-state index contributed by atoms with van der Waals surface area (Å²) in [4.78, 5) is 34.5. The average molecular weight is 426 g/mol. The van der Waals surface area contributed by atoms with E-state index in [0.29, 0.717) is 26.9 Å². The van der Waals surface area contributed by atoms with Crippen molar-refractivity contribution in [1.29, 1.82) is 4.78 Å². The number of hydrogen-bond donors (Lipinski definition) is 2. The lowest BCUT2D eigenvalue weighted by molar-refractivity contribution is -0.141. The van der Waals surface area contributed by atoms with Crippen LogP contribution in [0.2, 0.25) is 0 Å². The Balaban J connectivity index is 1.83. The molecular formula is C20H18N4O5S. The number of aliphatic carboxylic acids is 1. The first kappa shape index (κ1) is 19.8. The molecule has 4 rings (SSSR count). The number of rotatable bonds is 5. The van der Waals surface area contributed by atoms with Gasteiger partial charge in [0, 0.05) is 29.0 Å². The molecule has 30 heavy (non-hydrogen) atoms. The molecule has 0 aromatic heterocycles. The highest BCUT2D eigenvalue weighted by Crippen LogP contribution is 2.26. The molecule has 0 spiro atoms. The van der Waals surface area contributed by atoms with Crippen LogP contribution in [0.25, 0.3) is 5.70 Å². The van der Waals surface area contributed by atoms with E-state index < -0.39 is 27.8 Å². The van der Waals surface area contributed by atoms with Gasteiger partial charge in [-0.1, -0.05) is 12.1 Å². The molecule has 2 heterocycles. The van der Waals surface area contributed by atoms with Gasteiger partial charge in [-0.2, -0.15) is 0 Å². The molecule has 10 heteroatoms. The molecule has 0 aliphatic carbocycles. The zero-order valence-electron chi connectivity index (χ0n) is 16.2. The van der Waals surface area contributed by atoms with Gasteiger partial charge in [0.25, 0.3) is 5.91 Å². The lowest BCUT2D eigenvalue weighted by atomic mass is 10.1. The summed E-state index contributed by atoms with van der Waals surface area (Å²) >= 11 is 0. The van der Waals surface area contributed by atoms with Gasteiger partial charge in [-0.3, -0.25) is 4.79 Å². The highest BCUT2D eigenvalue weighted by atomic mass is 32.2. The van der Waals surface area contributed by atoms with Gasteiger partial charge in [0.05, 0.1) is 27.9 Å². The van der Waals surface area contributed by atoms with Crippen LogP contribution in [-0.4, -0.2) is 51.3 Å². The fourth-order valence-corrected chi connectivity index (χ4v) is 4.10. The Morgan fingerprint density at radius 3 is 2.57 bits per heavy atom. The standard InChI is InChI=1S/C20H18N4O5S/c1-29-12-5-8-14-15(9-12)22-19(25)16-17(14)24(18(23-16)20(26)27)10-11-3-6-13(7-4-11)30(2,21)28/h3-9,18,21H,10H2,1-2H3,(H,26,27). The number of carbonyl (C=O) groups excluding carboxylic acids is 1. The van der Waals surface area contributed by atoms with Crippen LogP contribution < -0.4 is 15.3 Å². The van der Waals surface area contributed by atoms with E-state index in [2.05, 4.69) is 9.98 Å². The Morgan fingerprint density at radius 1 is 1.27 bits per heavy atom. The Labute approximate surface area is 172 Å². The maximum Gasteiger partial charge on any atom is 0.349 e. The fraction of sp³-hybridized carbons (Fsp3) is 0.200. The summed E-state index contributed by atoms with van der Waals surface area (Å²) in [5.74, 6) is -1.26. The van der Waals surface area contributed by atoms with Gasteiger partial charge < -0.3 is 14.7 Å². The summed E-state index contributed by atoms with van der Waals surface area (Å²) in [7, 11) is -1.34. The quantitative estimate of drug-likeness (QED) is 0.710. The van der Waals surface area contributed by atoms with Crippen LogP contribution in [0.4, 0.5) is 0 Å². The lowest BCUT2D eigenvalue weighted by Gasteiger charge is -2.25. The number of carboxylic acid groups (broad SMARTS) is 1. The van der Waals surface area contributed by atoms with Crippen molar-refractivity contribution in [2.24, 2.45) is 9.98 Å². The Bertz CT molecular complexity index is 1330. The molecule has 154 valence electrons. The SMILES string of the molecule is COc1ccc2c(c1)=NC(=O)C1=NC(C(=O)O)N(Cc3ccc(S(C)(=N)=O)cc3)C=21. The number of carbonyl (C=O) groups is 2. The lowest BCUT2D eigenvalue weighted by Crippen LogP contribution is -2.43. The number of nitrogens with zero attached hydrogens (tertiary/aromatic N) is 3. The maximum atomic E-state index is 12.5. The second kappa shape index (κ2) is 7.06. The zero-order valence-corrected chi connectivity index (χ0v) is 17.0. The predicted molar refractivity (Wildman–Crippen MR) is 108 cm³/mol. The van der Waals surface area contributed by atoms with E-state index in [1.807, 2.05) is 0 Å². The van der Waals surface area contributed by atoms with Crippen molar-refractivity contribution >= 4 is 33.0 Å². The second-order valence-electron chi connectivity index (χ2n) is 6.95. The van der Waals surface area contributed by atoms with Gasteiger partial charge in [-0.25, -0.2) is 23.8 Å². The summed E-state index contributed by atoms with van der Waals surface area (Å²) in [5.41, 5.74) is 1.14. The number of fused-ring (bicyclic) bond motifs is 2. The van der Waals surface area contributed by atoms with Crippen LogP contribution in [0.1, 0.15) is 5.56 Å². The predicted octanol–water partition coefficient (Wildman–Crippen LogP) is 0.366. The van der Waals surface area contributed by atoms with Crippen molar-refractivity contribution in [2.45, 2.75) is 17.6 Å². The van der Waals surface area contributed by atoms with Crippen molar-refractivity contribution < 1.29 is 23.6 Å². The molecule has 0 radical (unpaired) electrons. The molecule has 2 N–H and O–H groups in total. The molecule has 1 amide bonds. The van der Waals surface area contributed by atoms with Gasteiger partial charge in [-0.15, -0.1) is 0 Å². The first-order valence-corrected chi connectivity index (χ1v) is 10.9. The highest BCUT2D eigenvalue weighted by molar-refractivity contribution is 7.91. The summed E-state index contributed by atoms with van der Waals surface area (Å²) in [5, 5.41) is 10.7. The van der Waals surface area contributed by atoms with E-state index in [4.69, 9.17) is 9.52 Å². The van der Waals surface area contributed by atoms with Crippen LogP contribution in [0.15, 0.2) is 57.3 Å². The monoisotopic (exact) mass is 426 g/mol. The molecule has 2 aliphatic rings. The minimum atomic E-state index is -2.85. The van der Waals surface area contributed by atoms with E-state index in [1.165, 1.54) is 18.3 Å². The number of benzene rings is 2. The van der Waals surface area contributed by atoms with Crippen molar-refractivity contribution in [3.63, 3.8) is 0 Å². The number of carboxylic acids is 1. The molecular weight excluding hydrogens is 408 g/mol. The van der Waals surface area contributed by atoms with E-state index >= 15 is 0 Å². The Hall–Kier alpha value is -3.53. The largest absolute Gasteiger partial charge is 0.497 e. The maximum absolute atomic E-state index is 12.5. The third-order valence-corrected chi connectivity index (χ3v) is 6.06. The molecule has 0 bridgehead atoms. The third kappa shape index (κ3) is 3.35. The smallest absolute Gasteiger partial charge is 0.349 e. The number of amides is 1. The first-order valence-electron chi connectivity index (χ1n) is 8.91. The van der Waals surface area contributed by atoms with E-state index in [9.17, 15) is 18.9 Å². The highest BCUT2D eigenvalue weighted by Gasteiger charge is 2.40. The van der Waals surface area contributed by atoms with Gasteiger partial charge in [0.15, 0.2) is 5.71 Å². The van der Waals surface area contributed by atoms with Crippen LogP contribution in [0, 0.1) is 4.78 Å². The summed E-state index contributed by atoms with van der Waals surface area (Å²) < 4.78 is 24.8. The molecule has 2 aromatic carbocycles. The molecule has 2 unspecified atom stereocenters. The number of ether oxygens (including phenoxy) is 1. The summed E-state index contributed by atoms with van der Waals surface area (Å²) in [6.45, 7) is 0.154. The summed E-state index contributed by atoms with van der Waals surface area (Å²) in [6.07, 6.45) is 0.0646. The van der Waals surface area contributed by atoms with E-state index in [0.717, 1.165) is 5.56 Å². The number of hydrogen-bond acceptors (Lipinski definition) is 7. The third-order valence-electron chi connectivity index (χ3n) is 4.89. The Morgan fingerprint density at radius 2 is 1.97 bits per heavy atom. The van der Waals surface area contributed by atoms with Gasteiger partial charge in [0.2, 0.25) is 6.17 Å².